The molecule has 3 aromatic rings. The van der Waals surface area contributed by atoms with Crippen LogP contribution in [0.5, 0.6) is 0 Å². The lowest BCUT2D eigenvalue weighted by atomic mass is 10.1. The smallest absolute Gasteiger partial charge is 0.339 e. The average molecular weight is 555 g/mol. The second kappa shape index (κ2) is 11.4. The summed E-state index contributed by atoms with van der Waals surface area (Å²) in [6, 6.07) is 14.1. The summed E-state index contributed by atoms with van der Waals surface area (Å²) in [5.41, 5.74) is 1.38. The molecule has 0 saturated carbocycles. The van der Waals surface area contributed by atoms with Crippen LogP contribution in [0.4, 0.5) is 10.5 Å². The summed E-state index contributed by atoms with van der Waals surface area (Å²) in [6.07, 6.45) is 1.41. The highest BCUT2D eigenvalue weighted by molar-refractivity contribution is 8.18. The number of methoxy groups -OCH3 is 2. The van der Waals surface area contributed by atoms with Gasteiger partial charge >= 0.3 is 11.9 Å². The molecule has 1 saturated heterocycles. The van der Waals surface area contributed by atoms with Gasteiger partial charge in [-0.1, -0.05) is 23.7 Å². The molecule has 194 valence electrons. The number of hydrogen-bond donors (Lipinski definition) is 1. The van der Waals surface area contributed by atoms with Gasteiger partial charge in [0.2, 0.25) is 5.91 Å². The van der Waals surface area contributed by atoms with Crippen molar-refractivity contribution in [3.63, 3.8) is 0 Å². The van der Waals surface area contributed by atoms with Gasteiger partial charge in [0.25, 0.3) is 11.1 Å². The van der Waals surface area contributed by atoms with E-state index in [1.54, 1.807) is 36.4 Å². The summed E-state index contributed by atoms with van der Waals surface area (Å²) in [6.45, 7) is -0.534. The molecule has 0 atom stereocenters. The van der Waals surface area contributed by atoms with E-state index >= 15 is 0 Å². The van der Waals surface area contributed by atoms with E-state index in [0.29, 0.717) is 34.4 Å². The maximum absolute atomic E-state index is 12.8. The number of imide groups is 1. The van der Waals surface area contributed by atoms with Crippen molar-refractivity contribution in [1.29, 1.82) is 0 Å². The van der Waals surface area contributed by atoms with Gasteiger partial charge in [-0.15, -0.1) is 0 Å². The zero-order chi connectivity index (χ0) is 27.4. The summed E-state index contributed by atoms with van der Waals surface area (Å²) in [7, 11) is 2.50. The molecule has 0 unspecified atom stereocenters. The monoisotopic (exact) mass is 554 g/mol. The topological polar surface area (TPSA) is 132 Å². The van der Waals surface area contributed by atoms with Crippen molar-refractivity contribution in [3.05, 3.63) is 81.4 Å². The summed E-state index contributed by atoms with van der Waals surface area (Å²) >= 11 is 6.66. The van der Waals surface area contributed by atoms with Crippen molar-refractivity contribution >= 4 is 64.1 Å². The normalized spacial score (nSPS) is 14.1. The van der Waals surface area contributed by atoms with Crippen LogP contribution in [0, 0.1) is 0 Å². The van der Waals surface area contributed by atoms with Crippen LogP contribution in [0.3, 0.4) is 0 Å². The van der Waals surface area contributed by atoms with Crippen LogP contribution in [0.2, 0.25) is 5.02 Å². The Morgan fingerprint density at radius 1 is 1.00 bits per heavy atom. The molecule has 0 aliphatic carbocycles. The molecule has 12 heteroatoms. The summed E-state index contributed by atoms with van der Waals surface area (Å²) in [4.78, 5) is 62.1. The first kappa shape index (κ1) is 26.7. The number of ether oxygens (including phenoxy) is 2. The number of hydrogen-bond acceptors (Lipinski definition) is 9. The van der Waals surface area contributed by atoms with E-state index in [9.17, 15) is 24.0 Å². The number of nitrogens with zero attached hydrogens (tertiary/aromatic N) is 1. The Bertz CT molecular complexity index is 1480. The molecule has 4 rings (SSSR count). The van der Waals surface area contributed by atoms with Gasteiger partial charge in [-0.3, -0.25) is 19.3 Å². The van der Waals surface area contributed by atoms with Crippen molar-refractivity contribution in [2.24, 2.45) is 0 Å². The minimum absolute atomic E-state index is 0.0540. The first-order valence-electron chi connectivity index (χ1n) is 10.9. The second-order valence-electron chi connectivity index (χ2n) is 7.77. The quantitative estimate of drug-likeness (QED) is 0.321. The number of anilines is 1. The van der Waals surface area contributed by atoms with E-state index in [4.69, 9.17) is 16.0 Å². The standard InChI is InChI=1S/C26H19ClN2O8S/c1-35-24(32)15-5-3-14(4-6-15)20-10-8-17(37-20)12-21-23(31)29(26(34)38-21)13-22(30)28-16-7-9-19(27)18(11-16)25(33)36-2/h3-12H,13H2,1-2H3,(H,28,30)/b21-12+. The maximum atomic E-state index is 12.8. The van der Waals surface area contributed by atoms with Crippen LogP contribution in [-0.2, 0) is 19.1 Å². The Balaban J connectivity index is 1.43. The van der Waals surface area contributed by atoms with Gasteiger partial charge in [-0.25, -0.2) is 9.59 Å². The van der Waals surface area contributed by atoms with E-state index in [1.807, 2.05) is 0 Å². The van der Waals surface area contributed by atoms with Gasteiger partial charge in [0.15, 0.2) is 0 Å². The number of carbonyl (C=O) groups excluding carboxylic acids is 5. The van der Waals surface area contributed by atoms with Crippen LogP contribution in [0.1, 0.15) is 26.5 Å². The first-order chi connectivity index (χ1) is 18.2. The molecule has 1 aliphatic heterocycles. The number of amides is 3. The van der Waals surface area contributed by atoms with E-state index in [-0.39, 0.29) is 21.2 Å². The third kappa shape index (κ3) is 5.79. The van der Waals surface area contributed by atoms with Crippen LogP contribution in [-0.4, -0.2) is 54.7 Å². The van der Waals surface area contributed by atoms with Crippen molar-refractivity contribution in [3.8, 4) is 11.3 Å². The lowest BCUT2D eigenvalue weighted by molar-refractivity contribution is -0.127. The molecule has 0 spiro atoms. The molecule has 1 fully saturated rings. The predicted molar refractivity (Wildman–Crippen MR) is 140 cm³/mol. The highest BCUT2D eigenvalue weighted by Gasteiger charge is 2.36. The third-order valence-corrected chi connectivity index (χ3v) is 6.56. The Kier molecular flexibility index (Phi) is 7.99. The maximum Gasteiger partial charge on any atom is 0.339 e. The second-order valence-corrected chi connectivity index (χ2v) is 9.17. The number of carbonyl (C=O) groups is 5. The first-order valence-corrected chi connectivity index (χ1v) is 12.1. The lowest BCUT2D eigenvalue weighted by Crippen LogP contribution is -2.36. The minimum atomic E-state index is -0.679. The molecule has 0 radical (unpaired) electrons. The predicted octanol–water partition coefficient (Wildman–Crippen LogP) is 4.85. The largest absolute Gasteiger partial charge is 0.465 e. The van der Waals surface area contributed by atoms with Crippen molar-refractivity contribution in [2.75, 3.05) is 26.1 Å². The van der Waals surface area contributed by atoms with Gasteiger partial charge in [0.1, 0.15) is 18.1 Å². The zero-order valence-electron chi connectivity index (χ0n) is 20.0. The summed E-state index contributed by atoms with van der Waals surface area (Å²) in [5.74, 6) is -1.63. The highest BCUT2D eigenvalue weighted by atomic mass is 35.5. The van der Waals surface area contributed by atoms with Crippen LogP contribution in [0.15, 0.2) is 63.9 Å². The highest BCUT2D eigenvalue weighted by Crippen LogP contribution is 2.33. The molecule has 1 N–H and O–H groups in total. The third-order valence-electron chi connectivity index (χ3n) is 5.32. The number of nitrogens with one attached hydrogen (secondary N) is 1. The molecule has 0 bridgehead atoms. The van der Waals surface area contributed by atoms with Crippen LogP contribution < -0.4 is 5.32 Å². The molecule has 38 heavy (non-hydrogen) atoms. The van der Waals surface area contributed by atoms with Gasteiger partial charge in [0, 0.05) is 17.3 Å². The fourth-order valence-corrected chi connectivity index (χ4v) is 4.47. The van der Waals surface area contributed by atoms with E-state index < -0.39 is 35.5 Å². The molecule has 10 nitrogen and oxygen atoms in total. The van der Waals surface area contributed by atoms with Crippen molar-refractivity contribution in [2.45, 2.75) is 0 Å². The molecule has 1 aromatic heterocycles. The summed E-state index contributed by atoms with van der Waals surface area (Å²) in [5, 5.41) is 2.06. The van der Waals surface area contributed by atoms with E-state index in [1.165, 1.54) is 38.5 Å². The number of thioether (sulfide) groups is 1. The molecule has 3 amide bonds. The Labute approximate surface area is 225 Å². The Morgan fingerprint density at radius 2 is 1.71 bits per heavy atom. The van der Waals surface area contributed by atoms with Crippen LogP contribution in [0.25, 0.3) is 17.4 Å². The van der Waals surface area contributed by atoms with Crippen molar-refractivity contribution in [1.82, 2.24) is 4.90 Å². The summed E-state index contributed by atoms with van der Waals surface area (Å²) < 4.78 is 15.1. The Morgan fingerprint density at radius 3 is 2.39 bits per heavy atom. The molecular weight excluding hydrogens is 536 g/mol. The minimum Gasteiger partial charge on any atom is -0.465 e. The van der Waals surface area contributed by atoms with Gasteiger partial charge in [-0.2, -0.15) is 0 Å². The Hall–Kier alpha value is -4.35. The fourth-order valence-electron chi connectivity index (χ4n) is 3.45. The molecule has 2 heterocycles. The van der Waals surface area contributed by atoms with Gasteiger partial charge in [0.05, 0.1) is 35.3 Å². The van der Waals surface area contributed by atoms with Crippen LogP contribution >= 0.6 is 23.4 Å². The van der Waals surface area contributed by atoms with Crippen molar-refractivity contribution < 1.29 is 37.9 Å². The zero-order valence-corrected chi connectivity index (χ0v) is 21.6. The molecular formula is C26H19ClN2O8S. The number of furan rings is 1. The van der Waals surface area contributed by atoms with Gasteiger partial charge in [-0.05, 0) is 54.2 Å². The molecule has 2 aromatic carbocycles. The average Bonchev–Trinajstić information content (AvgIpc) is 3.49. The van der Waals surface area contributed by atoms with E-state index in [2.05, 4.69) is 14.8 Å². The van der Waals surface area contributed by atoms with E-state index in [0.717, 1.165) is 4.90 Å². The number of rotatable bonds is 7. The lowest BCUT2D eigenvalue weighted by Gasteiger charge is -2.13. The molecule has 1 aliphatic rings. The number of benzene rings is 2. The number of halogens is 1. The SMILES string of the molecule is COC(=O)c1ccc(-c2ccc(/C=C3/SC(=O)N(CC(=O)Nc4ccc(Cl)c(C(=O)OC)c4)C3=O)o2)cc1. The number of esters is 2. The van der Waals surface area contributed by atoms with Gasteiger partial charge < -0.3 is 19.2 Å². The fraction of sp³-hybridized carbons (Fsp3) is 0.115.